The van der Waals surface area contributed by atoms with E-state index in [2.05, 4.69) is 26.5 Å². The lowest BCUT2D eigenvalue weighted by molar-refractivity contribution is 0.0794. The molecule has 6 nitrogen and oxygen atoms in total. The van der Waals surface area contributed by atoms with Crippen molar-refractivity contribution in [2.45, 2.75) is 39.0 Å². The van der Waals surface area contributed by atoms with E-state index in [0.717, 1.165) is 49.6 Å². The van der Waals surface area contributed by atoms with Gasteiger partial charge < -0.3 is 9.88 Å². The first-order chi connectivity index (χ1) is 10.2. The van der Waals surface area contributed by atoms with Crippen molar-refractivity contribution in [3.63, 3.8) is 0 Å². The van der Waals surface area contributed by atoms with Crippen molar-refractivity contribution >= 4 is 17.4 Å². The van der Waals surface area contributed by atoms with Gasteiger partial charge in [-0.25, -0.2) is 4.98 Å². The number of likely N-dealkylation sites (tertiary alicyclic amines) is 1. The summed E-state index contributed by atoms with van der Waals surface area (Å²) in [7, 11) is 0. The summed E-state index contributed by atoms with van der Waals surface area (Å²) in [4.78, 5) is 22.9. The maximum atomic E-state index is 12.6. The van der Waals surface area contributed by atoms with Crippen LogP contribution in [0.3, 0.4) is 0 Å². The number of hydrogen-bond donors (Lipinski definition) is 1. The van der Waals surface area contributed by atoms with Gasteiger partial charge in [0.15, 0.2) is 0 Å². The van der Waals surface area contributed by atoms with Crippen LogP contribution >= 0.6 is 11.5 Å². The van der Waals surface area contributed by atoms with Crippen LogP contribution < -0.4 is 0 Å². The maximum Gasteiger partial charge on any atom is 0.267 e. The minimum atomic E-state index is 0.0687. The predicted octanol–water partition coefficient (Wildman–Crippen LogP) is 2.15. The topological polar surface area (TPSA) is 74.8 Å². The summed E-state index contributed by atoms with van der Waals surface area (Å²) in [6.07, 6.45) is 4.58. The molecule has 3 heterocycles. The van der Waals surface area contributed by atoms with Gasteiger partial charge in [0.05, 0.1) is 5.69 Å². The second-order valence-corrected chi connectivity index (χ2v) is 6.24. The monoisotopic (exact) mass is 305 g/mol. The molecule has 0 radical (unpaired) electrons. The molecule has 2 aromatic heterocycles. The Kier molecular flexibility index (Phi) is 4.01. The lowest BCUT2D eigenvalue weighted by Crippen LogP contribution is -2.28. The number of hydrogen-bond acceptors (Lipinski definition) is 5. The Hall–Kier alpha value is -1.76. The van der Waals surface area contributed by atoms with E-state index in [4.69, 9.17) is 0 Å². The number of carbonyl (C=O) groups is 1. The van der Waals surface area contributed by atoms with Gasteiger partial charge in [-0.15, -0.1) is 5.10 Å². The summed E-state index contributed by atoms with van der Waals surface area (Å²) in [5.74, 6) is 1.36. The molecule has 112 valence electrons. The predicted molar refractivity (Wildman–Crippen MR) is 80.5 cm³/mol. The van der Waals surface area contributed by atoms with Crippen LogP contribution in [0.4, 0.5) is 0 Å². The van der Waals surface area contributed by atoms with Gasteiger partial charge in [-0.05, 0) is 31.3 Å². The Labute approximate surface area is 127 Å². The van der Waals surface area contributed by atoms with Crippen molar-refractivity contribution < 1.29 is 4.79 Å². The van der Waals surface area contributed by atoms with E-state index >= 15 is 0 Å². The van der Waals surface area contributed by atoms with Crippen molar-refractivity contribution in [1.29, 1.82) is 0 Å². The van der Waals surface area contributed by atoms with Crippen molar-refractivity contribution in [3.05, 3.63) is 28.3 Å². The zero-order chi connectivity index (χ0) is 14.8. The van der Waals surface area contributed by atoms with Crippen LogP contribution in [-0.2, 0) is 6.42 Å². The van der Waals surface area contributed by atoms with E-state index in [1.807, 2.05) is 18.0 Å². The molecule has 7 heteroatoms. The second kappa shape index (κ2) is 5.93. The highest BCUT2D eigenvalue weighted by atomic mass is 32.1. The molecule has 1 aliphatic heterocycles. The fourth-order valence-corrected chi connectivity index (χ4v) is 3.40. The van der Waals surface area contributed by atoms with Crippen molar-refractivity contribution in [3.8, 4) is 0 Å². The molecule has 0 aromatic carbocycles. The summed E-state index contributed by atoms with van der Waals surface area (Å²) in [6.45, 7) is 5.56. The highest BCUT2D eigenvalue weighted by Gasteiger charge is 2.31. The zero-order valence-electron chi connectivity index (χ0n) is 12.3. The Morgan fingerprint density at radius 2 is 2.43 bits per heavy atom. The zero-order valence-corrected chi connectivity index (χ0v) is 13.1. The minimum Gasteiger partial charge on any atom is -0.346 e. The van der Waals surface area contributed by atoms with Crippen LogP contribution in [0.2, 0.25) is 0 Å². The molecule has 1 atom stereocenters. The molecular weight excluding hydrogens is 286 g/mol. The molecule has 1 amide bonds. The third kappa shape index (κ3) is 2.83. The number of nitrogens with one attached hydrogen (secondary N) is 1. The molecule has 0 unspecified atom stereocenters. The summed E-state index contributed by atoms with van der Waals surface area (Å²) in [6, 6.07) is 0. The number of carbonyl (C=O) groups excluding carboxylic acids is 1. The largest absolute Gasteiger partial charge is 0.346 e. The molecule has 0 bridgehead atoms. The quantitative estimate of drug-likeness (QED) is 0.939. The van der Waals surface area contributed by atoms with Crippen LogP contribution in [0.15, 0.2) is 6.20 Å². The number of amides is 1. The van der Waals surface area contributed by atoms with Gasteiger partial charge in [0, 0.05) is 30.9 Å². The van der Waals surface area contributed by atoms with Crippen LogP contribution in [0.25, 0.3) is 0 Å². The first-order valence-electron chi connectivity index (χ1n) is 7.31. The Morgan fingerprint density at radius 1 is 1.57 bits per heavy atom. The molecule has 0 spiro atoms. The number of aryl methyl sites for hydroxylation is 2. The van der Waals surface area contributed by atoms with Crippen LogP contribution in [0.5, 0.6) is 0 Å². The molecule has 1 saturated heterocycles. The van der Waals surface area contributed by atoms with Crippen LogP contribution in [0.1, 0.15) is 52.6 Å². The van der Waals surface area contributed by atoms with E-state index in [1.54, 1.807) is 0 Å². The molecule has 1 fully saturated rings. The van der Waals surface area contributed by atoms with Crippen molar-refractivity contribution in [2.24, 2.45) is 0 Å². The summed E-state index contributed by atoms with van der Waals surface area (Å²) in [5.41, 5.74) is 1.90. The number of nitrogens with zero attached hydrogens (tertiary/aromatic N) is 4. The first kappa shape index (κ1) is 14.2. The summed E-state index contributed by atoms with van der Waals surface area (Å²) in [5, 5.41) is 4.08. The highest BCUT2D eigenvalue weighted by Crippen LogP contribution is 2.27. The Bertz CT molecular complexity index is 635. The highest BCUT2D eigenvalue weighted by molar-refractivity contribution is 7.08. The van der Waals surface area contributed by atoms with Gasteiger partial charge >= 0.3 is 0 Å². The molecule has 1 aliphatic rings. The third-order valence-corrected chi connectivity index (χ3v) is 4.58. The fraction of sp³-hybridized carbons (Fsp3) is 0.571. The Morgan fingerprint density at radius 3 is 3.14 bits per heavy atom. The fourth-order valence-electron chi connectivity index (χ4n) is 2.72. The Balaban J connectivity index is 1.70. The van der Waals surface area contributed by atoms with E-state index in [1.165, 1.54) is 11.5 Å². The number of rotatable bonds is 4. The first-order valence-corrected chi connectivity index (χ1v) is 8.08. The van der Waals surface area contributed by atoms with Crippen LogP contribution in [-0.4, -0.2) is 43.5 Å². The van der Waals surface area contributed by atoms with Gasteiger partial charge in [-0.2, -0.15) is 0 Å². The van der Waals surface area contributed by atoms with E-state index < -0.39 is 0 Å². The lowest BCUT2D eigenvalue weighted by Gasteiger charge is -2.15. The SMILES string of the molecule is CCCc1nnsc1C(=O)N1CC[C@@H](c2ncc(C)[nH]2)C1. The lowest BCUT2D eigenvalue weighted by atomic mass is 10.1. The van der Waals surface area contributed by atoms with Crippen LogP contribution in [0, 0.1) is 6.92 Å². The minimum absolute atomic E-state index is 0.0687. The normalized spacial score (nSPS) is 18.4. The number of aromatic amines is 1. The summed E-state index contributed by atoms with van der Waals surface area (Å²) < 4.78 is 3.94. The number of aromatic nitrogens is 4. The van der Waals surface area contributed by atoms with Gasteiger partial charge in [-0.1, -0.05) is 17.8 Å². The average molecular weight is 305 g/mol. The molecule has 21 heavy (non-hydrogen) atoms. The maximum absolute atomic E-state index is 12.6. The molecule has 1 N–H and O–H groups in total. The van der Waals surface area contributed by atoms with Gasteiger partial charge in [-0.3, -0.25) is 4.79 Å². The molecule has 0 saturated carbocycles. The number of imidazole rings is 1. The smallest absolute Gasteiger partial charge is 0.267 e. The van der Waals surface area contributed by atoms with Gasteiger partial charge in [0.2, 0.25) is 0 Å². The molecule has 2 aromatic rings. The summed E-state index contributed by atoms with van der Waals surface area (Å²) >= 11 is 1.21. The standard InChI is InChI=1S/C14H19N5OS/c1-3-4-11-12(21-18-17-11)14(20)19-6-5-10(8-19)13-15-7-9(2)16-13/h7,10H,3-6,8H2,1-2H3,(H,15,16)/t10-/m1/s1. The van der Waals surface area contributed by atoms with E-state index in [9.17, 15) is 4.79 Å². The van der Waals surface area contributed by atoms with Crippen molar-refractivity contribution in [2.75, 3.05) is 13.1 Å². The molecule has 3 rings (SSSR count). The molecular formula is C14H19N5OS. The second-order valence-electron chi connectivity index (χ2n) is 5.49. The average Bonchev–Trinajstić information content (AvgIpc) is 3.17. The number of H-pyrrole nitrogens is 1. The van der Waals surface area contributed by atoms with E-state index in [0.29, 0.717) is 10.8 Å². The van der Waals surface area contributed by atoms with Crippen molar-refractivity contribution in [1.82, 2.24) is 24.5 Å². The molecule has 0 aliphatic carbocycles. The van der Waals surface area contributed by atoms with E-state index in [-0.39, 0.29) is 5.91 Å². The van der Waals surface area contributed by atoms with Gasteiger partial charge in [0.25, 0.3) is 5.91 Å². The third-order valence-electron chi connectivity index (χ3n) is 3.82. The van der Waals surface area contributed by atoms with Gasteiger partial charge in [0.1, 0.15) is 10.7 Å².